The van der Waals surface area contributed by atoms with Crippen molar-refractivity contribution in [3.63, 3.8) is 0 Å². The van der Waals surface area contributed by atoms with Gasteiger partial charge in [-0.2, -0.15) is 5.10 Å². The summed E-state index contributed by atoms with van der Waals surface area (Å²) in [4.78, 5) is 32.9. The summed E-state index contributed by atoms with van der Waals surface area (Å²) in [5.74, 6) is -0.645. The minimum Gasteiger partial charge on any atom is -0.354 e. The molecular formula is C12H14N4O3. The predicted molar refractivity (Wildman–Crippen MR) is 71.8 cm³/mol. The van der Waals surface area contributed by atoms with Crippen molar-refractivity contribution in [2.24, 2.45) is 5.10 Å². The lowest BCUT2D eigenvalue weighted by atomic mass is 10.2. The molecule has 0 aliphatic rings. The average molecular weight is 262 g/mol. The van der Waals surface area contributed by atoms with Gasteiger partial charge in [-0.15, -0.1) is 0 Å². The molecule has 0 unspecified atom stereocenters. The topological polar surface area (TPSA) is 90.9 Å². The molecule has 1 aromatic rings. The Morgan fingerprint density at radius 1 is 1.37 bits per heavy atom. The molecule has 1 rings (SSSR count). The zero-order valence-corrected chi connectivity index (χ0v) is 10.6. The van der Waals surface area contributed by atoms with Crippen LogP contribution in [0, 0.1) is 0 Å². The van der Waals surface area contributed by atoms with Crippen LogP contribution in [0.2, 0.25) is 0 Å². The molecule has 0 radical (unpaired) electrons. The van der Waals surface area contributed by atoms with Crippen LogP contribution >= 0.6 is 0 Å². The monoisotopic (exact) mass is 262 g/mol. The minimum atomic E-state index is -0.426. The van der Waals surface area contributed by atoms with Crippen molar-refractivity contribution in [1.82, 2.24) is 5.32 Å². The molecule has 3 amide bonds. The number of hydrogen-bond acceptors (Lipinski definition) is 4. The normalized spacial score (nSPS) is 10.0. The third kappa shape index (κ3) is 4.58. The van der Waals surface area contributed by atoms with Crippen LogP contribution in [0.5, 0.6) is 0 Å². The summed E-state index contributed by atoms with van der Waals surface area (Å²) < 4.78 is 0. The van der Waals surface area contributed by atoms with Gasteiger partial charge < -0.3 is 10.6 Å². The first-order valence-corrected chi connectivity index (χ1v) is 5.44. The van der Waals surface area contributed by atoms with E-state index in [1.165, 1.54) is 14.0 Å². The summed E-state index contributed by atoms with van der Waals surface area (Å²) in [6, 6.07) is 6.53. The number of carbonyl (C=O) groups is 3. The van der Waals surface area contributed by atoms with Gasteiger partial charge in [0.15, 0.2) is 0 Å². The molecule has 100 valence electrons. The number of amides is 3. The fourth-order valence-electron chi connectivity index (χ4n) is 1.26. The number of nitrogens with zero attached hydrogens (tertiary/aromatic N) is 2. The van der Waals surface area contributed by atoms with Gasteiger partial charge in [0.25, 0.3) is 5.91 Å². The van der Waals surface area contributed by atoms with Crippen molar-refractivity contribution in [3.8, 4) is 0 Å². The van der Waals surface area contributed by atoms with Gasteiger partial charge in [-0.25, -0.2) is 5.01 Å². The van der Waals surface area contributed by atoms with E-state index < -0.39 is 5.91 Å². The standard InChI is InChI=1S/C12H14N4O3/c1-9(18)15-10-4-3-5-11(6-10)16(8-17)14-7-12(19)13-2/h3-8H,1-2H3,(H,13,19)(H,15,18)/b14-7-. The highest BCUT2D eigenvalue weighted by Crippen LogP contribution is 2.18. The second-order valence-corrected chi connectivity index (χ2v) is 3.54. The van der Waals surface area contributed by atoms with Gasteiger partial charge in [-0.05, 0) is 18.2 Å². The molecule has 1 aromatic carbocycles. The molecule has 0 saturated carbocycles. The fraction of sp³-hybridized carbons (Fsp3) is 0.167. The van der Waals surface area contributed by atoms with Crippen molar-refractivity contribution in [1.29, 1.82) is 0 Å². The number of hydrazone groups is 1. The highest BCUT2D eigenvalue weighted by molar-refractivity contribution is 6.26. The van der Waals surface area contributed by atoms with Crippen LogP contribution in [0.25, 0.3) is 0 Å². The van der Waals surface area contributed by atoms with Crippen molar-refractivity contribution < 1.29 is 14.4 Å². The first-order valence-electron chi connectivity index (χ1n) is 5.44. The van der Waals surface area contributed by atoms with Gasteiger partial charge in [-0.3, -0.25) is 14.4 Å². The van der Waals surface area contributed by atoms with E-state index in [-0.39, 0.29) is 5.91 Å². The Labute approximate surface area is 110 Å². The van der Waals surface area contributed by atoms with Crippen molar-refractivity contribution in [2.45, 2.75) is 6.92 Å². The SMILES string of the molecule is CNC(=O)/C=N\N(C=O)c1cccc(NC(C)=O)c1. The third-order valence-corrected chi connectivity index (χ3v) is 2.08. The van der Waals surface area contributed by atoms with E-state index in [4.69, 9.17) is 0 Å². The number of carbonyl (C=O) groups excluding carboxylic acids is 3. The first kappa shape index (κ1) is 14.4. The highest BCUT2D eigenvalue weighted by atomic mass is 16.2. The molecule has 0 bridgehead atoms. The Kier molecular flexibility index (Phi) is 5.21. The number of rotatable bonds is 5. The van der Waals surface area contributed by atoms with Gasteiger partial charge in [0.1, 0.15) is 6.21 Å². The summed E-state index contributed by atoms with van der Waals surface area (Å²) in [5, 5.41) is 9.64. The number of anilines is 2. The van der Waals surface area contributed by atoms with Crippen molar-refractivity contribution in [3.05, 3.63) is 24.3 Å². The van der Waals surface area contributed by atoms with E-state index in [1.807, 2.05) is 0 Å². The smallest absolute Gasteiger partial charge is 0.264 e. The Morgan fingerprint density at radius 2 is 2.11 bits per heavy atom. The predicted octanol–water partition coefficient (Wildman–Crippen LogP) is 0.340. The Morgan fingerprint density at radius 3 is 2.68 bits per heavy atom. The lowest BCUT2D eigenvalue weighted by Crippen LogP contribution is -2.22. The van der Waals surface area contributed by atoms with Crippen molar-refractivity contribution in [2.75, 3.05) is 17.4 Å². The number of nitrogens with one attached hydrogen (secondary N) is 2. The molecule has 0 spiro atoms. The molecule has 7 nitrogen and oxygen atoms in total. The summed E-state index contributed by atoms with van der Waals surface area (Å²) >= 11 is 0. The average Bonchev–Trinajstić information content (AvgIpc) is 2.38. The van der Waals surface area contributed by atoms with Gasteiger partial charge in [0.05, 0.1) is 5.69 Å². The van der Waals surface area contributed by atoms with Crippen LogP contribution in [0.3, 0.4) is 0 Å². The Hall–Kier alpha value is -2.70. The molecule has 0 fully saturated rings. The Balaban J connectivity index is 2.92. The number of benzene rings is 1. The van der Waals surface area contributed by atoms with E-state index in [2.05, 4.69) is 15.7 Å². The Bertz CT molecular complexity index is 513. The summed E-state index contributed by atoms with van der Waals surface area (Å²) in [6.07, 6.45) is 1.45. The fourth-order valence-corrected chi connectivity index (χ4v) is 1.26. The second-order valence-electron chi connectivity index (χ2n) is 3.54. The van der Waals surface area contributed by atoms with Gasteiger partial charge in [0, 0.05) is 19.7 Å². The maximum absolute atomic E-state index is 11.0. The summed E-state index contributed by atoms with van der Waals surface area (Å²) in [7, 11) is 1.46. The van der Waals surface area contributed by atoms with Crippen LogP contribution in [0.4, 0.5) is 11.4 Å². The van der Waals surface area contributed by atoms with Gasteiger partial charge in [-0.1, -0.05) is 6.07 Å². The molecular weight excluding hydrogens is 248 g/mol. The van der Waals surface area contributed by atoms with E-state index in [0.717, 1.165) is 11.2 Å². The van der Waals surface area contributed by atoms with Crippen molar-refractivity contribution >= 4 is 35.8 Å². The summed E-state index contributed by atoms with van der Waals surface area (Å²) in [5.41, 5.74) is 0.966. The first-order chi connectivity index (χ1) is 9.06. The number of hydrogen-bond donors (Lipinski definition) is 2. The van der Waals surface area contributed by atoms with Crippen LogP contribution in [0.1, 0.15) is 6.92 Å². The molecule has 0 aromatic heterocycles. The highest BCUT2D eigenvalue weighted by Gasteiger charge is 2.05. The van der Waals surface area contributed by atoms with Crippen LogP contribution in [-0.4, -0.2) is 31.5 Å². The van der Waals surface area contributed by atoms with E-state index in [1.54, 1.807) is 24.3 Å². The molecule has 19 heavy (non-hydrogen) atoms. The molecule has 2 N–H and O–H groups in total. The zero-order valence-electron chi connectivity index (χ0n) is 10.6. The van der Waals surface area contributed by atoms with E-state index in [0.29, 0.717) is 17.8 Å². The second kappa shape index (κ2) is 6.90. The van der Waals surface area contributed by atoms with Crippen LogP contribution in [-0.2, 0) is 14.4 Å². The maximum atomic E-state index is 11.0. The summed E-state index contributed by atoms with van der Waals surface area (Å²) in [6.45, 7) is 1.38. The molecule has 0 heterocycles. The lowest BCUT2D eigenvalue weighted by molar-refractivity contribution is -0.114. The van der Waals surface area contributed by atoms with E-state index in [9.17, 15) is 14.4 Å². The maximum Gasteiger partial charge on any atom is 0.264 e. The molecule has 0 saturated heterocycles. The van der Waals surface area contributed by atoms with Gasteiger partial charge >= 0.3 is 0 Å². The molecule has 0 aliphatic heterocycles. The largest absolute Gasteiger partial charge is 0.354 e. The molecule has 0 atom stereocenters. The molecule has 7 heteroatoms. The molecule has 0 aliphatic carbocycles. The lowest BCUT2D eigenvalue weighted by Gasteiger charge is -2.12. The van der Waals surface area contributed by atoms with E-state index >= 15 is 0 Å². The quantitative estimate of drug-likeness (QED) is 0.455. The zero-order chi connectivity index (χ0) is 14.3. The van der Waals surface area contributed by atoms with Gasteiger partial charge in [0.2, 0.25) is 12.3 Å². The minimum absolute atomic E-state index is 0.219. The van der Waals surface area contributed by atoms with Crippen LogP contribution < -0.4 is 15.6 Å². The third-order valence-electron chi connectivity index (χ3n) is 2.08. The van der Waals surface area contributed by atoms with Crippen LogP contribution in [0.15, 0.2) is 29.4 Å².